The normalized spacial score (nSPS) is 15.8. The number of carbonyl (C=O) groups is 1. The van der Waals surface area contributed by atoms with Gasteiger partial charge < -0.3 is 9.15 Å². The molecule has 3 heterocycles. The molecule has 1 aliphatic heterocycles. The molecule has 3 aromatic rings. The highest BCUT2D eigenvalue weighted by Gasteiger charge is 2.30. The molecule has 1 aromatic carbocycles. The van der Waals surface area contributed by atoms with Crippen LogP contribution in [0.4, 0.5) is 5.95 Å². The van der Waals surface area contributed by atoms with Gasteiger partial charge in [0.2, 0.25) is 5.95 Å². The minimum atomic E-state index is -0.572. The van der Waals surface area contributed by atoms with Crippen LogP contribution in [0.15, 0.2) is 35.1 Å². The Kier molecular flexibility index (Phi) is 3.34. The monoisotopic (exact) mass is 324 g/mol. The molecule has 2 aromatic heterocycles. The topological polar surface area (TPSA) is 93.0 Å². The SMILES string of the molecule is Cc1cc2c(cc1C)OC(C(=O)Nc1n[nH]c(-c3ccoc3)n1)C2. The van der Waals surface area contributed by atoms with E-state index in [2.05, 4.69) is 26.6 Å². The maximum atomic E-state index is 12.4. The molecule has 7 nitrogen and oxygen atoms in total. The summed E-state index contributed by atoms with van der Waals surface area (Å²) in [6.07, 6.45) is 3.07. The highest BCUT2D eigenvalue weighted by Crippen LogP contribution is 2.31. The number of nitrogens with zero attached hydrogens (tertiary/aromatic N) is 2. The summed E-state index contributed by atoms with van der Waals surface area (Å²) in [7, 11) is 0. The van der Waals surface area contributed by atoms with E-state index in [4.69, 9.17) is 9.15 Å². The largest absolute Gasteiger partial charge is 0.480 e. The zero-order chi connectivity index (χ0) is 16.7. The third kappa shape index (κ3) is 2.54. The Hall–Kier alpha value is -3.09. The molecule has 1 unspecified atom stereocenters. The number of fused-ring (bicyclic) bond motifs is 1. The summed E-state index contributed by atoms with van der Waals surface area (Å²) < 4.78 is 10.8. The van der Waals surface area contributed by atoms with Crippen LogP contribution in [-0.4, -0.2) is 27.2 Å². The molecule has 0 saturated carbocycles. The summed E-state index contributed by atoms with van der Waals surface area (Å²) >= 11 is 0. The van der Waals surface area contributed by atoms with Gasteiger partial charge in [0.05, 0.1) is 11.8 Å². The molecule has 0 bridgehead atoms. The lowest BCUT2D eigenvalue weighted by Gasteiger charge is -2.09. The van der Waals surface area contributed by atoms with Crippen LogP contribution in [0.5, 0.6) is 5.75 Å². The van der Waals surface area contributed by atoms with E-state index < -0.39 is 6.10 Å². The number of carbonyl (C=O) groups excluding carboxylic acids is 1. The van der Waals surface area contributed by atoms with E-state index in [0.717, 1.165) is 22.4 Å². The maximum Gasteiger partial charge on any atom is 0.268 e. The van der Waals surface area contributed by atoms with Crippen molar-refractivity contribution in [2.45, 2.75) is 26.4 Å². The van der Waals surface area contributed by atoms with Gasteiger partial charge in [-0.25, -0.2) is 0 Å². The zero-order valence-corrected chi connectivity index (χ0v) is 13.3. The van der Waals surface area contributed by atoms with Crippen molar-refractivity contribution in [3.8, 4) is 17.1 Å². The first-order valence-electron chi connectivity index (χ1n) is 7.63. The molecule has 1 atom stereocenters. The molecule has 24 heavy (non-hydrogen) atoms. The molecular formula is C17H16N4O3. The van der Waals surface area contributed by atoms with E-state index in [1.165, 1.54) is 5.56 Å². The van der Waals surface area contributed by atoms with Crippen LogP contribution >= 0.6 is 0 Å². The maximum absolute atomic E-state index is 12.4. The molecule has 0 saturated heterocycles. The van der Waals surface area contributed by atoms with Gasteiger partial charge in [-0.15, -0.1) is 5.10 Å². The van der Waals surface area contributed by atoms with E-state index in [1.54, 1.807) is 18.6 Å². The van der Waals surface area contributed by atoms with Crippen LogP contribution in [0.3, 0.4) is 0 Å². The molecule has 122 valence electrons. The van der Waals surface area contributed by atoms with Crippen molar-refractivity contribution in [3.05, 3.63) is 47.4 Å². The fourth-order valence-electron chi connectivity index (χ4n) is 2.70. The Labute approximate surface area is 138 Å². The number of rotatable bonds is 3. The third-order valence-electron chi connectivity index (χ3n) is 4.16. The van der Waals surface area contributed by atoms with Crippen molar-refractivity contribution >= 4 is 11.9 Å². The quantitative estimate of drug-likeness (QED) is 0.772. The van der Waals surface area contributed by atoms with Crippen molar-refractivity contribution in [2.24, 2.45) is 0 Å². The van der Waals surface area contributed by atoms with Crippen molar-refractivity contribution in [2.75, 3.05) is 5.32 Å². The van der Waals surface area contributed by atoms with Gasteiger partial charge in [-0.1, -0.05) is 6.07 Å². The van der Waals surface area contributed by atoms with Crippen LogP contribution in [0.2, 0.25) is 0 Å². The van der Waals surface area contributed by atoms with Gasteiger partial charge in [-0.2, -0.15) is 4.98 Å². The molecule has 4 rings (SSSR count). The number of hydrogen-bond acceptors (Lipinski definition) is 5. The Morgan fingerprint density at radius 2 is 2.17 bits per heavy atom. The molecule has 0 radical (unpaired) electrons. The number of hydrogen-bond donors (Lipinski definition) is 2. The van der Waals surface area contributed by atoms with Crippen molar-refractivity contribution in [3.63, 3.8) is 0 Å². The fraction of sp³-hybridized carbons (Fsp3) is 0.235. The number of amides is 1. The first-order chi connectivity index (χ1) is 11.6. The summed E-state index contributed by atoms with van der Waals surface area (Å²) in [5, 5.41) is 9.44. The number of aromatic nitrogens is 3. The Bertz CT molecular complexity index is 868. The number of furan rings is 1. The van der Waals surface area contributed by atoms with Gasteiger partial charge in [0.25, 0.3) is 5.91 Å². The Morgan fingerprint density at radius 1 is 1.33 bits per heavy atom. The van der Waals surface area contributed by atoms with Crippen LogP contribution in [-0.2, 0) is 11.2 Å². The number of benzene rings is 1. The van der Waals surface area contributed by atoms with Crippen molar-refractivity contribution in [1.29, 1.82) is 0 Å². The fourth-order valence-corrected chi connectivity index (χ4v) is 2.70. The van der Waals surface area contributed by atoms with Gasteiger partial charge in [0.15, 0.2) is 11.9 Å². The summed E-state index contributed by atoms with van der Waals surface area (Å²) in [6, 6.07) is 5.80. The van der Waals surface area contributed by atoms with E-state index in [1.807, 2.05) is 19.9 Å². The number of aromatic amines is 1. The number of H-pyrrole nitrogens is 1. The molecule has 1 aliphatic rings. The predicted octanol–water partition coefficient (Wildman–Crippen LogP) is 2.62. The highest BCUT2D eigenvalue weighted by molar-refractivity contribution is 5.93. The van der Waals surface area contributed by atoms with Gasteiger partial charge in [-0.05, 0) is 42.7 Å². The summed E-state index contributed by atoms with van der Waals surface area (Å²) in [5.41, 5.74) is 4.15. The smallest absolute Gasteiger partial charge is 0.268 e. The van der Waals surface area contributed by atoms with Gasteiger partial charge >= 0.3 is 0 Å². The zero-order valence-electron chi connectivity index (χ0n) is 13.3. The van der Waals surface area contributed by atoms with E-state index in [0.29, 0.717) is 12.2 Å². The summed E-state index contributed by atoms with van der Waals surface area (Å²) in [5.74, 6) is 1.25. The van der Waals surface area contributed by atoms with Crippen molar-refractivity contribution in [1.82, 2.24) is 15.2 Å². The lowest BCUT2D eigenvalue weighted by atomic mass is 10.0. The molecule has 0 aliphatic carbocycles. The predicted molar refractivity (Wildman–Crippen MR) is 86.8 cm³/mol. The third-order valence-corrected chi connectivity index (χ3v) is 4.16. The number of aryl methyl sites for hydroxylation is 2. The highest BCUT2D eigenvalue weighted by atomic mass is 16.5. The second kappa shape index (κ2) is 5.52. The molecule has 7 heteroatoms. The molecule has 0 fully saturated rings. The summed E-state index contributed by atoms with van der Waals surface area (Å²) in [4.78, 5) is 16.6. The van der Waals surface area contributed by atoms with Crippen molar-refractivity contribution < 1.29 is 13.9 Å². The molecular weight excluding hydrogens is 308 g/mol. The minimum Gasteiger partial charge on any atom is -0.480 e. The number of anilines is 1. The molecule has 0 spiro atoms. The van der Waals surface area contributed by atoms with Gasteiger partial charge in [-0.3, -0.25) is 15.2 Å². The first kappa shape index (κ1) is 14.5. The standard InChI is InChI=1S/C17H16N4O3/c1-9-5-12-7-14(24-13(12)6-10(9)2)16(22)19-17-18-15(20-21-17)11-3-4-23-8-11/h3-6,8,14H,7H2,1-2H3,(H2,18,19,20,21,22). The second-order valence-electron chi connectivity index (χ2n) is 5.86. The average molecular weight is 324 g/mol. The number of ether oxygens (including phenoxy) is 1. The first-order valence-corrected chi connectivity index (χ1v) is 7.63. The minimum absolute atomic E-state index is 0.211. The van der Waals surface area contributed by atoms with Crippen LogP contribution in [0.1, 0.15) is 16.7 Å². The Morgan fingerprint density at radius 3 is 2.96 bits per heavy atom. The van der Waals surface area contributed by atoms with E-state index in [9.17, 15) is 4.79 Å². The summed E-state index contributed by atoms with van der Waals surface area (Å²) in [6.45, 7) is 4.07. The van der Waals surface area contributed by atoms with E-state index >= 15 is 0 Å². The van der Waals surface area contributed by atoms with E-state index in [-0.39, 0.29) is 11.9 Å². The van der Waals surface area contributed by atoms with Gasteiger partial charge in [0, 0.05) is 6.42 Å². The van der Waals surface area contributed by atoms with Crippen LogP contribution in [0, 0.1) is 13.8 Å². The Balaban J connectivity index is 1.46. The molecule has 2 N–H and O–H groups in total. The lowest BCUT2D eigenvalue weighted by molar-refractivity contribution is -0.122. The lowest BCUT2D eigenvalue weighted by Crippen LogP contribution is -2.31. The van der Waals surface area contributed by atoms with Gasteiger partial charge in [0.1, 0.15) is 12.0 Å². The molecule has 1 amide bonds. The number of nitrogens with one attached hydrogen (secondary N) is 2. The van der Waals surface area contributed by atoms with Crippen LogP contribution in [0.25, 0.3) is 11.4 Å². The van der Waals surface area contributed by atoms with Crippen LogP contribution < -0.4 is 10.1 Å². The second-order valence-corrected chi connectivity index (χ2v) is 5.86. The average Bonchev–Trinajstić information content (AvgIpc) is 3.26.